The van der Waals surface area contributed by atoms with E-state index in [2.05, 4.69) is 15.3 Å². The minimum absolute atomic E-state index is 0.0241. The maximum atomic E-state index is 11.9. The average Bonchev–Trinajstić information content (AvgIpc) is 2.30. The number of carbonyl (C=O) groups is 1. The molecule has 0 saturated carbocycles. The number of hydrogen-bond donors (Lipinski definition) is 1. The molecule has 1 amide bonds. The van der Waals surface area contributed by atoms with Crippen molar-refractivity contribution in [3.05, 3.63) is 23.8 Å². The summed E-state index contributed by atoms with van der Waals surface area (Å²) in [6, 6.07) is 0. The van der Waals surface area contributed by atoms with Crippen molar-refractivity contribution in [2.24, 2.45) is 0 Å². The topological polar surface area (TPSA) is 58.1 Å². The lowest BCUT2D eigenvalue weighted by molar-refractivity contribution is 0.0729. The summed E-state index contributed by atoms with van der Waals surface area (Å²) in [4.78, 5) is 21.9. The predicted molar refractivity (Wildman–Crippen MR) is 55.5 cm³/mol. The Morgan fingerprint density at radius 1 is 1.33 bits per heavy atom. The van der Waals surface area contributed by atoms with Gasteiger partial charge in [-0.2, -0.15) is 0 Å². The molecule has 1 aliphatic heterocycles. The van der Waals surface area contributed by atoms with Crippen LogP contribution in [-0.2, 0) is 0 Å². The number of rotatable bonds is 1. The van der Waals surface area contributed by atoms with Gasteiger partial charge in [-0.25, -0.2) is 4.98 Å². The van der Waals surface area contributed by atoms with E-state index in [9.17, 15) is 4.79 Å². The smallest absolute Gasteiger partial charge is 0.274 e. The molecule has 15 heavy (non-hydrogen) atoms. The monoisotopic (exact) mass is 206 g/mol. The van der Waals surface area contributed by atoms with E-state index < -0.39 is 0 Å². The fourth-order valence-electron chi connectivity index (χ4n) is 1.53. The van der Waals surface area contributed by atoms with Gasteiger partial charge in [0.15, 0.2) is 0 Å². The van der Waals surface area contributed by atoms with E-state index in [1.54, 1.807) is 17.3 Å². The lowest BCUT2D eigenvalue weighted by Gasteiger charge is -2.26. The number of amides is 1. The van der Waals surface area contributed by atoms with Gasteiger partial charge in [-0.05, 0) is 6.92 Å². The second kappa shape index (κ2) is 4.35. The van der Waals surface area contributed by atoms with Crippen LogP contribution in [-0.4, -0.2) is 47.0 Å². The van der Waals surface area contributed by atoms with E-state index in [0.717, 1.165) is 31.9 Å². The molecule has 2 rings (SSSR count). The van der Waals surface area contributed by atoms with Gasteiger partial charge >= 0.3 is 0 Å². The van der Waals surface area contributed by atoms with Gasteiger partial charge in [0.1, 0.15) is 5.69 Å². The number of aromatic nitrogens is 2. The molecule has 0 aromatic carbocycles. The number of piperazine rings is 1. The second-order valence-corrected chi connectivity index (χ2v) is 3.59. The van der Waals surface area contributed by atoms with Crippen LogP contribution < -0.4 is 5.32 Å². The molecule has 0 unspecified atom stereocenters. The van der Waals surface area contributed by atoms with Crippen molar-refractivity contribution in [3.8, 4) is 0 Å². The van der Waals surface area contributed by atoms with E-state index in [4.69, 9.17) is 0 Å². The maximum absolute atomic E-state index is 11.9. The zero-order chi connectivity index (χ0) is 10.7. The highest BCUT2D eigenvalue weighted by molar-refractivity contribution is 5.92. The molecular formula is C10H14N4O. The first kappa shape index (κ1) is 10.0. The highest BCUT2D eigenvalue weighted by Crippen LogP contribution is 2.02. The van der Waals surface area contributed by atoms with Crippen LogP contribution in [0.5, 0.6) is 0 Å². The molecule has 0 bridgehead atoms. The van der Waals surface area contributed by atoms with E-state index in [-0.39, 0.29) is 5.91 Å². The van der Waals surface area contributed by atoms with Crippen LogP contribution in [0.15, 0.2) is 12.4 Å². The Bertz CT molecular complexity index is 343. The first-order chi connectivity index (χ1) is 7.27. The lowest BCUT2D eigenvalue weighted by atomic mass is 10.3. The Morgan fingerprint density at radius 2 is 2.07 bits per heavy atom. The highest BCUT2D eigenvalue weighted by atomic mass is 16.2. The number of carbonyl (C=O) groups excluding carboxylic acids is 1. The molecule has 1 N–H and O–H groups in total. The van der Waals surface area contributed by atoms with E-state index in [1.165, 1.54) is 0 Å². The maximum Gasteiger partial charge on any atom is 0.274 e. The van der Waals surface area contributed by atoms with Gasteiger partial charge in [0.05, 0.1) is 11.9 Å². The molecule has 0 atom stereocenters. The summed E-state index contributed by atoms with van der Waals surface area (Å²) >= 11 is 0. The fraction of sp³-hybridized carbons (Fsp3) is 0.500. The minimum atomic E-state index is -0.0241. The zero-order valence-electron chi connectivity index (χ0n) is 8.73. The molecule has 1 fully saturated rings. The number of nitrogens with zero attached hydrogens (tertiary/aromatic N) is 3. The Morgan fingerprint density at radius 3 is 2.67 bits per heavy atom. The van der Waals surface area contributed by atoms with Crippen LogP contribution in [0.3, 0.4) is 0 Å². The molecule has 1 aromatic heterocycles. The quantitative estimate of drug-likeness (QED) is 0.693. The van der Waals surface area contributed by atoms with Gasteiger partial charge in [-0.1, -0.05) is 0 Å². The van der Waals surface area contributed by atoms with Crippen molar-refractivity contribution in [1.82, 2.24) is 20.2 Å². The molecule has 1 aliphatic rings. The molecule has 0 spiro atoms. The van der Waals surface area contributed by atoms with E-state index >= 15 is 0 Å². The van der Waals surface area contributed by atoms with Crippen molar-refractivity contribution < 1.29 is 4.79 Å². The lowest BCUT2D eigenvalue weighted by Crippen LogP contribution is -2.46. The summed E-state index contributed by atoms with van der Waals surface area (Å²) in [5.74, 6) is -0.0241. The number of nitrogens with one attached hydrogen (secondary N) is 1. The number of hydrogen-bond acceptors (Lipinski definition) is 4. The number of aryl methyl sites for hydroxylation is 1. The Balaban J connectivity index is 2.09. The largest absolute Gasteiger partial charge is 0.335 e. The molecule has 5 nitrogen and oxygen atoms in total. The Hall–Kier alpha value is -1.49. The summed E-state index contributed by atoms with van der Waals surface area (Å²) < 4.78 is 0. The summed E-state index contributed by atoms with van der Waals surface area (Å²) in [7, 11) is 0. The van der Waals surface area contributed by atoms with E-state index in [1.807, 2.05) is 6.92 Å². The standard InChI is InChI=1S/C10H14N4O/c1-8-6-13-9(7-12-8)10(15)14-4-2-11-3-5-14/h6-7,11H,2-5H2,1H3. The predicted octanol–water partition coefficient (Wildman–Crippen LogP) is -0.170. The van der Waals surface area contributed by atoms with Crippen molar-refractivity contribution in [1.29, 1.82) is 0 Å². The molecule has 0 radical (unpaired) electrons. The molecular weight excluding hydrogens is 192 g/mol. The van der Waals surface area contributed by atoms with Crippen LogP contribution in [0.25, 0.3) is 0 Å². The first-order valence-electron chi connectivity index (χ1n) is 5.06. The summed E-state index contributed by atoms with van der Waals surface area (Å²) in [6.07, 6.45) is 3.16. The fourth-order valence-corrected chi connectivity index (χ4v) is 1.53. The van der Waals surface area contributed by atoms with Crippen molar-refractivity contribution >= 4 is 5.91 Å². The summed E-state index contributed by atoms with van der Waals surface area (Å²) in [5.41, 5.74) is 1.26. The van der Waals surface area contributed by atoms with Crippen molar-refractivity contribution in [2.75, 3.05) is 26.2 Å². The SMILES string of the molecule is Cc1cnc(C(=O)N2CCNCC2)cn1. The van der Waals surface area contributed by atoms with Gasteiger partial charge < -0.3 is 10.2 Å². The average molecular weight is 206 g/mol. The zero-order valence-corrected chi connectivity index (χ0v) is 8.73. The normalized spacial score (nSPS) is 16.5. The van der Waals surface area contributed by atoms with Crippen LogP contribution in [0.2, 0.25) is 0 Å². The van der Waals surface area contributed by atoms with Gasteiger partial charge in [0.2, 0.25) is 0 Å². The minimum Gasteiger partial charge on any atom is -0.335 e. The molecule has 2 heterocycles. The van der Waals surface area contributed by atoms with Gasteiger partial charge in [0.25, 0.3) is 5.91 Å². The third kappa shape index (κ3) is 2.30. The molecule has 5 heteroatoms. The van der Waals surface area contributed by atoms with Crippen LogP contribution in [0.1, 0.15) is 16.2 Å². The summed E-state index contributed by atoms with van der Waals surface area (Å²) in [5, 5.41) is 3.20. The van der Waals surface area contributed by atoms with Crippen molar-refractivity contribution in [3.63, 3.8) is 0 Å². The van der Waals surface area contributed by atoms with Crippen LogP contribution in [0, 0.1) is 6.92 Å². The molecule has 0 aliphatic carbocycles. The van der Waals surface area contributed by atoms with Gasteiger partial charge in [-0.15, -0.1) is 0 Å². The molecule has 1 aromatic rings. The molecule has 80 valence electrons. The second-order valence-electron chi connectivity index (χ2n) is 3.59. The Labute approximate surface area is 88.5 Å². The van der Waals surface area contributed by atoms with Crippen LogP contribution in [0.4, 0.5) is 0 Å². The Kier molecular flexibility index (Phi) is 2.91. The summed E-state index contributed by atoms with van der Waals surface area (Å²) in [6.45, 7) is 5.05. The highest BCUT2D eigenvalue weighted by Gasteiger charge is 2.18. The van der Waals surface area contributed by atoms with Gasteiger partial charge in [-0.3, -0.25) is 9.78 Å². The first-order valence-corrected chi connectivity index (χ1v) is 5.06. The van der Waals surface area contributed by atoms with Gasteiger partial charge in [0, 0.05) is 32.4 Å². The van der Waals surface area contributed by atoms with E-state index in [0.29, 0.717) is 5.69 Å². The van der Waals surface area contributed by atoms with Crippen molar-refractivity contribution in [2.45, 2.75) is 6.92 Å². The van der Waals surface area contributed by atoms with Crippen LogP contribution >= 0.6 is 0 Å². The third-order valence-electron chi connectivity index (χ3n) is 2.40. The molecule has 1 saturated heterocycles. The third-order valence-corrected chi connectivity index (χ3v) is 2.40.